The Morgan fingerprint density at radius 1 is 1.13 bits per heavy atom. The molecule has 2 aromatic heterocycles. The SMILES string of the molecule is O=c1cc(OCc2cncc(C(F)(F)F)c2)oc2ccccc12. The van der Waals surface area contributed by atoms with Crippen LogP contribution in [0.5, 0.6) is 5.95 Å². The minimum Gasteiger partial charge on any atom is -0.460 e. The van der Waals surface area contributed by atoms with Crippen molar-refractivity contribution in [2.45, 2.75) is 12.8 Å². The third kappa shape index (κ3) is 3.33. The van der Waals surface area contributed by atoms with Gasteiger partial charge in [-0.1, -0.05) is 12.1 Å². The molecule has 0 saturated heterocycles. The second kappa shape index (κ2) is 5.75. The van der Waals surface area contributed by atoms with E-state index in [1.165, 1.54) is 6.20 Å². The van der Waals surface area contributed by atoms with Crippen molar-refractivity contribution in [1.29, 1.82) is 0 Å². The van der Waals surface area contributed by atoms with Gasteiger partial charge >= 0.3 is 6.18 Å². The lowest BCUT2D eigenvalue weighted by molar-refractivity contribution is -0.137. The standard InChI is InChI=1S/C16H10F3NO3/c17-16(18,19)11-5-10(7-20-8-11)9-22-15-6-13(21)12-3-1-2-4-14(12)23-15/h1-8H,9H2. The number of ether oxygens (including phenoxy) is 1. The summed E-state index contributed by atoms with van der Waals surface area (Å²) < 4.78 is 48.5. The fraction of sp³-hybridized carbons (Fsp3) is 0.125. The van der Waals surface area contributed by atoms with E-state index in [0.29, 0.717) is 11.0 Å². The first-order chi connectivity index (χ1) is 10.9. The number of hydrogen-bond acceptors (Lipinski definition) is 4. The highest BCUT2D eigenvalue weighted by Gasteiger charge is 2.31. The number of alkyl halides is 3. The summed E-state index contributed by atoms with van der Waals surface area (Å²) >= 11 is 0. The molecule has 0 spiro atoms. The predicted molar refractivity (Wildman–Crippen MR) is 76.1 cm³/mol. The molecule has 3 aromatic rings. The van der Waals surface area contributed by atoms with Crippen LogP contribution in [-0.2, 0) is 12.8 Å². The number of halogens is 3. The number of nitrogens with zero attached hydrogens (tertiary/aromatic N) is 1. The number of hydrogen-bond donors (Lipinski definition) is 0. The Balaban J connectivity index is 1.83. The van der Waals surface area contributed by atoms with Gasteiger partial charge in [0.2, 0.25) is 0 Å². The molecule has 0 unspecified atom stereocenters. The van der Waals surface area contributed by atoms with Crippen LogP contribution in [0.2, 0.25) is 0 Å². The van der Waals surface area contributed by atoms with Crippen molar-refractivity contribution in [3.05, 3.63) is 70.1 Å². The van der Waals surface area contributed by atoms with Crippen molar-refractivity contribution >= 4 is 11.0 Å². The van der Waals surface area contributed by atoms with Gasteiger partial charge in [0.05, 0.1) is 17.0 Å². The molecule has 3 rings (SSSR count). The lowest BCUT2D eigenvalue weighted by Gasteiger charge is -2.09. The van der Waals surface area contributed by atoms with Gasteiger partial charge in [-0.2, -0.15) is 13.2 Å². The molecule has 0 amide bonds. The molecule has 0 N–H and O–H groups in total. The number of pyridine rings is 1. The van der Waals surface area contributed by atoms with E-state index in [1.54, 1.807) is 24.3 Å². The average Bonchev–Trinajstić information content (AvgIpc) is 2.52. The molecular weight excluding hydrogens is 311 g/mol. The summed E-state index contributed by atoms with van der Waals surface area (Å²) in [7, 11) is 0. The smallest absolute Gasteiger partial charge is 0.417 e. The van der Waals surface area contributed by atoms with E-state index in [-0.39, 0.29) is 23.5 Å². The third-order valence-electron chi connectivity index (χ3n) is 3.12. The van der Waals surface area contributed by atoms with Gasteiger partial charge in [0, 0.05) is 18.0 Å². The van der Waals surface area contributed by atoms with Gasteiger partial charge in [-0.05, 0) is 18.2 Å². The number of aromatic nitrogens is 1. The summed E-state index contributed by atoms with van der Waals surface area (Å²) in [5, 5.41) is 0.403. The molecule has 0 aliphatic heterocycles. The first-order valence-electron chi connectivity index (χ1n) is 6.60. The molecule has 0 saturated carbocycles. The fourth-order valence-corrected chi connectivity index (χ4v) is 2.03. The second-order valence-electron chi connectivity index (χ2n) is 4.79. The summed E-state index contributed by atoms with van der Waals surface area (Å²) in [6.45, 7) is -0.196. The van der Waals surface area contributed by atoms with Crippen LogP contribution in [0.4, 0.5) is 13.2 Å². The van der Waals surface area contributed by atoms with Crippen LogP contribution in [0, 0.1) is 0 Å². The quantitative estimate of drug-likeness (QED) is 0.736. The average molecular weight is 321 g/mol. The summed E-state index contributed by atoms with van der Waals surface area (Å²) in [4.78, 5) is 15.4. The number of rotatable bonds is 3. The van der Waals surface area contributed by atoms with Gasteiger partial charge < -0.3 is 9.15 Å². The molecule has 23 heavy (non-hydrogen) atoms. The van der Waals surface area contributed by atoms with Crippen LogP contribution in [0.15, 0.2) is 58.0 Å². The maximum atomic E-state index is 12.6. The molecule has 4 nitrogen and oxygen atoms in total. The normalized spacial score (nSPS) is 11.6. The van der Waals surface area contributed by atoms with Gasteiger partial charge in [0.1, 0.15) is 12.2 Å². The maximum Gasteiger partial charge on any atom is 0.417 e. The number of para-hydroxylation sites is 1. The van der Waals surface area contributed by atoms with Gasteiger partial charge in [-0.3, -0.25) is 9.78 Å². The Bertz CT molecular complexity index is 903. The predicted octanol–water partition coefficient (Wildman–Crippen LogP) is 3.79. The molecule has 2 heterocycles. The van der Waals surface area contributed by atoms with Crippen LogP contribution in [0.1, 0.15) is 11.1 Å². The van der Waals surface area contributed by atoms with E-state index in [1.807, 2.05) is 0 Å². The van der Waals surface area contributed by atoms with E-state index < -0.39 is 11.7 Å². The molecule has 7 heteroatoms. The van der Waals surface area contributed by atoms with E-state index >= 15 is 0 Å². The first kappa shape index (κ1) is 15.1. The molecule has 0 fully saturated rings. The number of benzene rings is 1. The van der Waals surface area contributed by atoms with E-state index in [0.717, 1.165) is 18.3 Å². The van der Waals surface area contributed by atoms with E-state index in [4.69, 9.17) is 9.15 Å². The van der Waals surface area contributed by atoms with Crippen LogP contribution in [0.3, 0.4) is 0 Å². The Morgan fingerprint density at radius 3 is 2.70 bits per heavy atom. The highest BCUT2D eigenvalue weighted by atomic mass is 19.4. The molecule has 118 valence electrons. The zero-order chi connectivity index (χ0) is 16.4. The van der Waals surface area contributed by atoms with Crippen LogP contribution >= 0.6 is 0 Å². The maximum absolute atomic E-state index is 12.6. The Hall–Kier alpha value is -2.83. The van der Waals surface area contributed by atoms with Crippen LogP contribution < -0.4 is 10.2 Å². The Morgan fingerprint density at radius 2 is 1.91 bits per heavy atom. The second-order valence-corrected chi connectivity index (χ2v) is 4.79. The topological polar surface area (TPSA) is 52.3 Å². The van der Waals surface area contributed by atoms with Gasteiger partial charge in [0.25, 0.3) is 5.95 Å². The van der Waals surface area contributed by atoms with Gasteiger partial charge in [0.15, 0.2) is 5.43 Å². The first-order valence-corrected chi connectivity index (χ1v) is 6.60. The van der Waals surface area contributed by atoms with Gasteiger partial charge in [-0.25, -0.2) is 0 Å². The Kier molecular flexibility index (Phi) is 3.77. The monoisotopic (exact) mass is 321 g/mol. The zero-order valence-electron chi connectivity index (χ0n) is 11.6. The van der Waals surface area contributed by atoms with Gasteiger partial charge in [-0.15, -0.1) is 0 Å². The van der Waals surface area contributed by atoms with Crippen molar-refractivity contribution in [3.63, 3.8) is 0 Å². The van der Waals surface area contributed by atoms with Crippen molar-refractivity contribution in [2.75, 3.05) is 0 Å². The fourth-order valence-electron chi connectivity index (χ4n) is 2.03. The lowest BCUT2D eigenvalue weighted by Crippen LogP contribution is -2.07. The largest absolute Gasteiger partial charge is 0.460 e. The highest BCUT2D eigenvalue weighted by molar-refractivity contribution is 5.76. The molecule has 0 atom stereocenters. The molecular formula is C16H10F3NO3. The molecule has 0 bridgehead atoms. The van der Waals surface area contributed by atoms with Crippen LogP contribution in [-0.4, -0.2) is 4.98 Å². The molecule has 0 aliphatic carbocycles. The van der Waals surface area contributed by atoms with E-state index in [2.05, 4.69) is 4.98 Å². The summed E-state index contributed by atoms with van der Waals surface area (Å²) in [6, 6.07) is 8.71. The summed E-state index contributed by atoms with van der Waals surface area (Å²) in [5.41, 5.74) is -0.588. The lowest BCUT2D eigenvalue weighted by atomic mass is 10.2. The third-order valence-corrected chi connectivity index (χ3v) is 3.12. The van der Waals surface area contributed by atoms with Crippen molar-refractivity contribution < 1.29 is 22.3 Å². The van der Waals surface area contributed by atoms with Crippen LogP contribution in [0.25, 0.3) is 11.0 Å². The Labute approximate surface area is 128 Å². The summed E-state index contributed by atoms with van der Waals surface area (Å²) in [5.74, 6) is -0.0638. The van der Waals surface area contributed by atoms with E-state index in [9.17, 15) is 18.0 Å². The van der Waals surface area contributed by atoms with Crippen molar-refractivity contribution in [3.8, 4) is 5.95 Å². The molecule has 0 radical (unpaired) electrons. The molecule has 1 aromatic carbocycles. The van der Waals surface area contributed by atoms with Crippen molar-refractivity contribution in [1.82, 2.24) is 4.98 Å². The molecule has 0 aliphatic rings. The minimum absolute atomic E-state index is 0.0638. The van der Waals surface area contributed by atoms with Crippen molar-refractivity contribution in [2.24, 2.45) is 0 Å². The zero-order valence-corrected chi connectivity index (χ0v) is 11.6. The number of fused-ring (bicyclic) bond motifs is 1. The summed E-state index contributed by atoms with van der Waals surface area (Å²) in [6.07, 6.45) is -2.48. The highest BCUT2D eigenvalue weighted by Crippen LogP contribution is 2.29. The minimum atomic E-state index is -4.47.